The third kappa shape index (κ3) is 2.15. The molecule has 88 valence electrons. The van der Waals surface area contributed by atoms with Gasteiger partial charge < -0.3 is 0 Å². The first kappa shape index (κ1) is 11.7. The highest BCUT2D eigenvalue weighted by Gasteiger charge is 2.08. The number of benzene rings is 1. The monoisotopic (exact) mass is 363 g/mol. The predicted molar refractivity (Wildman–Crippen MR) is 78.2 cm³/mol. The van der Waals surface area contributed by atoms with E-state index in [9.17, 15) is 0 Å². The maximum Gasteiger partial charge on any atom is 0.163 e. The normalized spacial score (nSPS) is 10.8. The highest BCUT2D eigenvalue weighted by molar-refractivity contribution is 9.11. The van der Waals surface area contributed by atoms with Gasteiger partial charge in [-0.3, -0.25) is 4.98 Å². The van der Waals surface area contributed by atoms with Crippen molar-refractivity contribution >= 4 is 42.8 Å². The SMILES string of the molecule is Brc1cc(Br)nc(-c2cccc3cccnc23)n1. The van der Waals surface area contributed by atoms with Crippen molar-refractivity contribution in [2.75, 3.05) is 0 Å². The molecule has 0 radical (unpaired) electrons. The van der Waals surface area contributed by atoms with Crippen molar-refractivity contribution in [3.05, 3.63) is 51.8 Å². The van der Waals surface area contributed by atoms with E-state index in [0.717, 1.165) is 25.7 Å². The van der Waals surface area contributed by atoms with Crippen molar-refractivity contribution in [3.8, 4) is 11.4 Å². The van der Waals surface area contributed by atoms with Crippen molar-refractivity contribution in [3.63, 3.8) is 0 Å². The van der Waals surface area contributed by atoms with E-state index >= 15 is 0 Å². The lowest BCUT2D eigenvalue weighted by atomic mass is 10.1. The van der Waals surface area contributed by atoms with E-state index in [-0.39, 0.29) is 0 Å². The molecule has 3 aromatic rings. The summed E-state index contributed by atoms with van der Waals surface area (Å²) in [5.41, 5.74) is 1.83. The molecule has 0 saturated heterocycles. The van der Waals surface area contributed by atoms with E-state index in [1.54, 1.807) is 6.20 Å². The minimum Gasteiger partial charge on any atom is -0.255 e. The third-order valence-electron chi connectivity index (χ3n) is 2.54. The Morgan fingerprint density at radius 2 is 1.61 bits per heavy atom. The van der Waals surface area contributed by atoms with Crippen molar-refractivity contribution in [1.29, 1.82) is 0 Å². The summed E-state index contributed by atoms with van der Waals surface area (Å²) >= 11 is 6.75. The van der Waals surface area contributed by atoms with Crippen LogP contribution in [0.2, 0.25) is 0 Å². The minimum absolute atomic E-state index is 0.653. The number of para-hydroxylation sites is 1. The molecule has 18 heavy (non-hydrogen) atoms. The number of hydrogen-bond donors (Lipinski definition) is 0. The Hall–Kier alpha value is -1.33. The summed E-state index contributed by atoms with van der Waals surface area (Å²) in [6.07, 6.45) is 1.78. The van der Waals surface area contributed by atoms with Gasteiger partial charge in [0.2, 0.25) is 0 Å². The summed E-state index contributed by atoms with van der Waals surface area (Å²) < 4.78 is 1.49. The molecule has 0 amide bonds. The Kier molecular flexibility index (Phi) is 3.09. The first-order valence-corrected chi connectivity index (χ1v) is 6.87. The van der Waals surface area contributed by atoms with Gasteiger partial charge in [-0.1, -0.05) is 18.2 Å². The topological polar surface area (TPSA) is 38.7 Å². The van der Waals surface area contributed by atoms with Gasteiger partial charge in [0.05, 0.1) is 5.52 Å². The predicted octanol–water partition coefficient (Wildman–Crippen LogP) is 4.22. The van der Waals surface area contributed by atoms with E-state index in [1.165, 1.54) is 0 Å². The number of aromatic nitrogens is 3. The Bertz CT molecular complexity index is 703. The number of hydrogen-bond acceptors (Lipinski definition) is 3. The Morgan fingerprint density at radius 1 is 0.889 bits per heavy atom. The van der Waals surface area contributed by atoms with E-state index in [2.05, 4.69) is 46.8 Å². The Labute approximate surface area is 121 Å². The van der Waals surface area contributed by atoms with Crippen molar-refractivity contribution in [2.45, 2.75) is 0 Å². The van der Waals surface area contributed by atoms with E-state index in [1.807, 2.05) is 36.4 Å². The number of pyridine rings is 1. The van der Waals surface area contributed by atoms with Crippen LogP contribution in [0.5, 0.6) is 0 Å². The van der Waals surface area contributed by atoms with Crippen LogP contribution in [-0.4, -0.2) is 15.0 Å². The van der Waals surface area contributed by atoms with Crippen LogP contribution in [0.4, 0.5) is 0 Å². The zero-order chi connectivity index (χ0) is 12.5. The van der Waals surface area contributed by atoms with E-state index in [0.29, 0.717) is 5.82 Å². The second kappa shape index (κ2) is 4.74. The molecular weight excluding hydrogens is 358 g/mol. The quantitative estimate of drug-likeness (QED) is 0.607. The molecule has 0 spiro atoms. The second-order valence-corrected chi connectivity index (χ2v) is 5.34. The highest BCUT2D eigenvalue weighted by atomic mass is 79.9. The molecule has 0 atom stereocenters. The fourth-order valence-corrected chi connectivity index (χ4v) is 2.87. The molecule has 0 fully saturated rings. The van der Waals surface area contributed by atoms with E-state index < -0.39 is 0 Å². The standard InChI is InChI=1S/C13H7Br2N3/c14-10-7-11(15)18-13(17-10)9-5-1-3-8-4-2-6-16-12(8)9/h1-7H. The summed E-state index contributed by atoms with van der Waals surface area (Å²) in [7, 11) is 0. The number of fused-ring (bicyclic) bond motifs is 1. The summed E-state index contributed by atoms with van der Waals surface area (Å²) in [5, 5.41) is 1.08. The van der Waals surface area contributed by atoms with Crippen molar-refractivity contribution in [2.24, 2.45) is 0 Å². The maximum absolute atomic E-state index is 4.41. The largest absolute Gasteiger partial charge is 0.255 e. The van der Waals surface area contributed by atoms with Crippen molar-refractivity contribution in [1.82, 2.24) is 15.0 Å². The van der Waals surface area contributed by atoms with Crippen molar-refractivity contribution < 1.29 is 0 Å². The molecule has 0 aliphatic heterocycles. The maximum atomic E-state index is 4.41. The molecule has 2 aromatic heterocycles. The van der Waals surface area contributed by atoms with Gasteiger partial charge in [0.15, 0.2) is 5.82 Å². The van der Waals surface area contributed by atoms with Gasteiger partial charge in [0, 0.05) is 23.2 Å². The van der Waals surface area contributed by atoms with Gasteiger partial charge in [-0.25, -0.2) is 9.97 Å². The Morgan fingerprint density at radius 3 is 2.39 bits per heavy atom. The van der Waals surface area contributed by atoms with Crippen LogP contribution in [0.15, 0.2) is 51.8 Å². The lowest BCUT2D eigenvalue weighted by molar-refractivity contribution is 1.12. The zero-order valence-corrected chi connectivity index (χ0v) is 12.3. The van der Waals surface area contributed by atoms with E-state index in [4.69, 9.17) is 0 Å². The van der Waals surface area contributed by atoms with Crippen LogP contribution in [-0.2, 0) is 0 Å². The van der Waals surface area contributed by atoms with Crippen LogP contribution in [0.3, 0.4) is 0 Å². The number of nitrogens with zero attached hydrogens (tertiary/aromatic N) is 3. The fraction of sp³-hybridized carbons (Fsp3) is 0. The molecule has 3 rings (SSSR count). The molecule has 0 N–H and O–H groups in total. The molecular formula is C13H7Br2N3. The van der Waals surface area contributed by atoms with Gasteiger partial charge >= 0.3 is 0 Å². The van der Waals surface area contributed by atoms with Crippen LogP contribution in [0, 0.1) is 0 Å². The smallest absolute Gasteiger partial charge is 0.163 e. The molecule has 1 aromatic carbocycles. The highest BCUT2D eigenvalue weighted by Crippen LogP contribution is 2.26. The van der Waals surface area contributed by atoms with Crippen LogP contribution in [0.1, 0.15) is 0 Å². The van der Waals surface area contributed by atoms with Gasteiger partial charge in [-0.15, -0.1) is 0 Å². The second-order valence-electron chi connectivity index (χ2n) is 3.72. The molecule has 0 unspecified atom stereocenters. The molecule has 0 aliphatic rings. The summed E-state index contributed by atoms with van der Waals surface area (Å²) in [5.74, 6) is 0.653. The zero-order valence-electron chi connectivity index (χ0n) is 9.14. The van der Waals surface area contributed by atoms with Crippen LogP contribution >= 0.6 is 31.9 Å². The molecule has 3 nitrogen and oxygen atoms in total. The lowest BCUT2D eigenvalue weighted by Gasteiger charge is -2.05. The molecule has 5 heteroatoms. The average molecular weight is 365 g/mol. The third-order valence-corrected chi connectivity index (χ3v) is 3.35. The lowest BCUT2D eigenvalue weighted by Crippen LogP contribution is -1.92. The summed E-state index contributed by atoms with van der Waals surface area (Å²) in [4.78, 5) is 13.2. The van der Waals surface area contributed by atoms with Crippen LogP contribution in [0.25, 0.3) is 22.3 Å². The van der Waals surface area contributed by atoms with Gasteiger partial charge in [-0.2, -0.15) is 0 Å². The van der Waals surface area contributed by atoms with Crippen LogP contribution < -0.4 is 0 Å². The number of rotatable bonds is 1. The fourth-order valence-electron chi connectivity index (χ4n) is 1.80. The minimum atomic E-state index is 0.653. The first-order valence-electron chi connectivity index (χ1n) is 5.28. The molecule has 2 heterocycles. The average Bonchev–Trinajstić information content (AvgIpc) is 2.37. The summed E-state index contributed by atoms with van der Waals surface area (Å²) in [6, 6.07) is 11.7. The molecule has 0 aliphatic carbocycles. The Balaban J connectivity index is 2.31. The van der Waals surface area contributed by atoms with Gasteiger partial charge in [0.25, 0.3) is 0 Å². The van der Waals surface area contributed by atoms with Gasteiger partial charge in [0.1, 0.15) is 9.21 Å². The molecule has 0 saturated carbocycles. The first-order chi connectivity index (χ1) is 8.74. The molecule has 0 bridgehead atoms. The summed E-state index contributed by atoms with van der Waals surface area (Å²) in [6.45, 7) is 0. The number of halogens is 2. The van der Waals surface area contributed by atoms with Gasteiger partial charge in [-0.05, 0) is 44.0 Å².